The molecule has 0 aromatic carbocycles. The lowest BCUT2D eigenvalue weighted by Crippen LogP contribution is -2.28. The molecule has 0 bridgehead atoms. The molecule has 0 fully saturated rings. The number of aliphatic hydroxyl groups excluding tert-OH is 1. The van der Waals surface area contributed by atoms with E-state index in [1.807, 2.05) is 0 Å². The Balaban J connectivity index is 3.56. The fourth-order valence-corrected chi connectivity index (χ4v) is 7.35. The molecule has 0 amide bonds. The van der Waals surface area contributed by atoms with Gasteiger partial charge in [-0.15, -0.1) is 0 Å². The lowest BCUT2D eigenvalue weighted by atomic mass is 10.0. The first-order chi connectivity index (χ1) is 33.6. The van der Waals surface area contributed by atoms with Crippen molar-refractivity contribution < 1.29 is 24.2 Å². The zero-order valence-electron chi connectivity index (χ0n) is 43.8. The Morgan fingerprint density at radius 1 is 0.338 bits per heavy atom. The molecule has 0 rings (SSSR count). The Morgan fingerprint density at radius 3 is 0.882 bits per heavy atom. The van der Waals surface area contributed by atoms with Crippen LogP contribution in [-0.2, 0) is 19.1 Å². The molecule has 1 N–H and O–H groups in total. The Hall–Kier alpha value is -3.96. The van der Waals surface area contributed by atoms with Crippen LogP contribution in [0, 0.1) is 0 Å². The van der Waals surface area contributed by atoms with Crippen LogP contribution in [0.15, 0.2) is 134 Å². The maximum absolute atomic E-state index is 12.3. The van der Waals surface area contributed by atoms with Crippen LogP contribution in [-0.4, -0.2) is 36.4 Å². The molecule has 0 aromatic heterocycles. The molecule has 1 unspecified atom stereocenters. The number of allylic oxidation sites excluding steroid dienone is 22. The first kappa shape index (κ1) is 64.0. The first-order valence-corrected chi connectivity index (χ1v) is 27.7. The van der Waals surface area contributed by atoms with E-state index >= 15 is 0 Å². The van der Waals surface area contributed by atoms with E-state index in [1.165, 1.54) is 77.0 Å². The second-order valence-electron chi connectivity index (χ2n) is 17.9. The molecule has 0 spiro atoms. The van der Waals surface area contributed by atoms with Gasteiger partial charge in [0.1, 0.15) is 6.61 Å². The number of hydrogen-bond acceptors (Lipinski definition) is 5. The molecule has 0 aliphatic heterocycles. The lowest BCUT2D eigenvalue weighted by Gasteiger charge is -2.15. The fourth-order valence-electron chi connectivity index (χ4n) is 7.35. The van der Waals surface area contributed by atoms with Crippen LogP contribution in [0.5, 0.6) is 0 Å². The van der Waals surface area contributed by atoms with Crippen LogP contribution >= 0.6 is 0 Å². The van der Waals surface area contributed by atoms with Crippen LogP contribution in [0.4, 0.5) is 0 Å². The first-order valence-electron chi connectivity index (χ1n) is 27.7. The van der Waals surface area contributed by atoms with Crippen molar-refractivity contribution in [3.8, 4) is 0 Å². The van der Waals surface area contributed by atoms with E-state index in [0.717, 1.165) is 128 Å². The van der Waals surface area contributed by atoms with Gasteiger partial charge in [-0.1, -0.05) is 244 Å². The van der Waals surface area contributed by atoms with Crippen molar-refractivity contribution >= 4 is 11.9 Å². The molecule has 5 nitrogen and oxygen atoms in total. The summed E-state index contributed by atoms with van der Waals surface area (Å²) in [4.78, 5) is 24.5. The maximum Gasteiger partial charge on any atom is 0.306 e. The third-order valence-corrected chi connectivity index (χ3v) is 11.4. The van der Waals surface area contributed by atoms with Crippen LogP contribution in [0.25, 0.3) is 0 Å². The molecule has 0 aromatic rings. The van der Waals surface area contributed by atoms with Gasteiger partial charge in [0.2, 0.25) is 0 Å². The highest BCUT2D eigenvalue weighted by Crippen LogP contribution is 2.15. The summed E-state index contributed by atoms with van der Waals surface area (Å²) in [5.41, 5.74) is 0. The SMILES string of the molecule is CC/C=C\C/C=C\C/C=C\C/C=C\C/C=C\C/C=C\CCCCCCCCCCCCCCCCC(=O)OC(CO)COC(=O)CCCCCCC/C=C\C/C=C\C/C=C\C/C=C\C/C=C\CC. The lowest BCUT2D eigenvalue weighted by molar-refractivity contribution is -0.161. The molecule has 5 heteroatoms. The molecule has 0 saturated heterocycles. The molecule has 384 valence electrons. The van der Waals surface area contributed by atoms with Crippen molar-refractivity contribution in [1.29, 1.82) is 0 Å². The number of ether oxygens (including phenoxy) is 2. The standard InChI is InChI=1S/C63H102O5/c1-3-5-7-9-11-13-15-17-19-21-23-25-26-27-28-29-30-31-32-33-34-35-36-38-40-42-44-46-48-50-52-54-56-58-63(66)68-61(59-64)60-67-62(65)57-55-53-51-49-47-45-43-41-39-37-24-22-20-18-16-14-12-10-8-6-4-2/h5-8,11-14,17-20,23-25,27-28,30-31,37,41,43,61,64H,3-4,9-10,15-16,21-22,26,29,32-36,38-40,42,44-60H2,1-2H3/b7-5-,8-6-,13-11-,14-12-,19-17-,20-18-,25-23-,28-27-,31-30-,37-24-,43-41-. The number of esters is 2. The van der Waals surface area contributed by atoms with Gasteiger partial charge < -0.3 is 14.6 Å². The second-order valence-corrected chi connectivity index (χ2v) is 17.9. The third-order valence-electron chi connectivity index (χ3n) is 11.4. The summed E-state index contributed by atoms with van der Waals surface area (Å²) in [7, 11) is 0. The van der Waals surface area contributed by atoms with Gasteiger partial charge in [0.15, 0.2) is 6.10 Å². The molecular formula is C63H102O5. The molecule has 68 heavy (non-hydrogen) atoms. The number of carbonyl (C=O) groups excluding carboxylic acids is 2. The average molecular weight is 940 g/mol. The minimum absolute atomic E-state index is 0.0833. The van der Waals surface area contributed by atoms with E-state index in [9.17, 15) is 14.7 Å². The summed E-state index contributed by atoms with van der Waals surface area (Å²) in [6.07, 6.45) is 85.6. The van der Waals surface area contributed by atoms with E-state index in [0.29, 0.717) is 12.8 Å². The summed E-state index contributed by atoms with van der Waals surface area (Å²) in [6, 6.07) is 0. The van der Waals surface area contributed by atoms with E-state index in [1.54, 1.807) is 0 Å². The molecule has 0 radical (unpaired) electrons. The Kier molecular flexibility index (Phi) is 54.0. The Bertz CT molecular complexity index is 1430. The van der Waals surface area contributed by atoms with E-state index < -0.39 is 6.10 Å². The van der Waals surface area contributed by atoms with Gasteiger partial charge in [0.25, 0.3) is 0 Å². The molecular weight excluding hydrogens is 837 g/mol. The Labute approximate surface area is 419 Å². The van der Waals surface area contributed by atoms with Gasteiger partial charge >= 0.3 is 11.9 Å². The number of aliphatic hydroxyl groups is 1. The Morgan fingerprint density at radius 2 is 0.588 bits per heavy atom. The van der Waals surface area contributed by atoms with Gasteiger partial charge in [-0.3, -0.25) is 9.59 Å². The quantitative estimate of drug-likeness (QED) is 0.0374. The number of rotatable bonds is 49. The highest BCUT2D eigenvalue weighted by Gasteiger charge is 2.16. The third kappa shape index (κ3) is 54.6. The minimum Gasteiger partial charge on any atom is -0.462 e. The topological polar surface area (TPSA) is 72.8 Å². The van der Waals surface area contributed by atoms with Gasteiger partial charge in [-0.2, -0.15) is 0 Å². The van der Waals surface area contributed by atoms with Crippen molar-refractivity contribution in [2.45, 2.75) is 238 Å². The maximum atomic E-state index is 12.3. The summed E-state index contributed by atoms with van der Waals surface area (Å²) in [6.45, 7) is 3.89. The average Bonchev–Trinajstić information content (AvgIpc) is 3.34. The van der Waals surface area contributed by atoms with E-state index in [-0.39, 0.29) is 25.2 Å². The fraction of sp³-hybridized carbons (Fsp3) is 0.619. The zero-order chi connectivity index (χ0) is 49.2. The van der Waals surface area contributed by atoms with Gasteiger partial charge in [0, 0.05) is 12.8 Å². The smallest absolute Gasteiger partial charge is 0.306 e. The highest BCUT2D eigenvalue weighted by molar-refractivity contribution is 5.70. The van der Waals surface area contributed by atoms with Crippen molar-refractivity contribution in [3.63, 3.8) is 0 Å². The monoisotopic (exact) mass is 939 g/mol. The van der Waals surface area contributed by atoms with Crippen molar-refractivity contribution in [1.82, 2.24) is 0 Å². The molecule has 0 aliphatic carbocycles. The van der Waals surface area contributed by atoms with Crippen LogP contribution in [0.2, 0.25) is 0 Å². The van der Waals surface area contributed by atoms with Gasteiger partial charge in [0.05, 0.1) is 6.61 Å². The van der Waals surface area contributed by atoms with Crippen LogP contribution < -0.4 is 0 Å². The molecule has 0 heterocycles. The largest absolute Gasteiger partial charge is 0.462 e. The molecule has 0 aliphatic rings. The van der Waals surface area contributed by atoms with Crippen LogP contribution in [0.3, 0.4) is 0 Å². The molecule has 0 saturated carbocycles. The predicted octanol–water partition coefficient (Wildman–Crippen LogP) is 18.9. The number of carbonyl (C=O) groups is 2. The predicted molar refractivity (Wildman–Crippen MR) is 297 cm³/mol. The molecule has 1 atom stereocenters. The van der Waals surface area contributed by atoms with Gasteiger partial charge in [-0.25, -0.2) is 0 Å². The highest BCUT2D eigenvalue weighted by atomic mass is 16.6. The normalized spacial score (nSPS) is 13.3. The van der Waals surface area contributed by atoms with Crippen molar-refractivity contribution in [3.05, 3.63) is 134 Å². The van der Waals surface area contributed by atoms with E-state index in [2.05, 4.69) is 148 Å². The number of unbranched alkanes of at least 4 members (excludes halogenated alkanes) is 19. The van der Waals surface area contributed by atoms with Gasteiger partial charge in [-0.05, 0) is 109 Å². The van der Waals surface area contributed by atoms with E-state index in [4.69, 9.17) is 9.47 Å². The van der Waals surface area contributed by atoms with Crippen molar-refractivity contribution in [2.24, 2.45) is 0 Å². The summed E-state index contributed by atoms with van der Waals surface area (Å²) >= 11 is 0. The zero-order valence-corrected chi connectivity index (χ0v) is 43.8. The summed E-state index contributed by atoms with van der Waals surface area (Å²) in [5, 5.41) is 9.65. The van der Waals surface area contributed by atoms with Crippen molar-refractivity contribution in [2.75, 3.05) is 13.2 Å². The number of hydrogen-bond donors (Lipinski definition) is 1. The summed E-state index contributed by atoms with van der Waals surface area (Å²) < 4.78 is 10.7. The van der Waals surface area contributed by atoms with Crippen LogP contribution in [0.1, 0.15) is 232 Å². The second kappa shape index (κ2) is 57.4. The summed E-state index contributed by atoms with van der Waals surface area (Å²) in [5.74, 6) is -0.619. The minimum atomic E-state index is -0.790.